The van der Waals surface area contributed by atoms with E-state index in [0.717, 1.165) is 30.9 Å². The average molecular weight is 422 g/mol. The third-order valence-electron chi connectivity index (χ3n) is 5.19. The van der Waals surface area contributed by atoms with Crippen LogP contribution in [0.25, 0.3) is 5.69 Å². The first kappa shape index (κ1) is 22.4. The monoisotopic (exact) mass is 421 g/mol. The Bertz CT molecular complexity index is 837. The number of halogens is 3. The Morgan fingerprint density at radius 1 is 0.964 bits per heavy atom. The first-order valence-electron chi connectivity index (χ1n) is 9.35. The Kier molecular flexibility index (Phi) is 8.49. The number of likely N-dealkylation sites (tertiary alicyclic amines) is 1. The van der Waals surface area contributed by atoms with Crippen LogP contribution in [0.3, 0.4) is 0 Å². The second-order valence-electron chi connectivity index (χ2n) is 7.06. The van der Waals surface area contributed by atoms with E-state index in [-0.39, 0.29) is 30.6 Å². The summed E-state index contributed by atoms with van der Waals surface area (Å²) in [4.78, 5) is 7.14. The molecule has 1 atom stereocenters. The molecule has 150 valence electrons. The number of hydrogen-bond acceptors (Lipinski definition) is 2. The van der Waals surface area contributed by atoms with Crippen LogP contribution in [0.1, 0.15) is 30.5 Å². The van der Waals surface area contributed by atoms with Crippen molar-refractivity contribution >= 4 is 24.8 Å². The van der Waals surface area contributed by atoms with E-state index in [4.69, 9.17) is 0 Å². The smallest absolute Gasteiger partial charge is 0.123 e. The first-order valence-corrected chi connectivity index (χ1v) is 9.35. The van der Waals surface area contributed by atoms with Gasteiger partial charge in [-0.25, -0.2) is 9.37 Å². The van der Waals surface area contributed by atoms with Gasteiger partial charge < -0.3 is 4.57 Å². The topological polar surface area (TPSA) is 21.1 Å². The van der Waals surface area contributed by atoms with Gasteiger partial charge in [0.05, 0.1) is 12.0 Å². The van der Waals surface area contributed by atoms with Crippen LogP contribution in [0.15, 0.2) is 67.1 Å². The van der Waals surface area contributed by atoms with Gasteiger partial charge in [0.25, 0.3) is 0 Å². The van der Waals surface area contributed by atoms with Crippen molar-refractivity contribution in [3.63, 3.8) is 0 Å². The van der Waals surface area contributed by atoms with E-state index in [0.29, 0.717) is 6.04 Å². The fraction of sp³-hybridized carbons (Fsp3) is 0.318. The molecule has 0 aliphatic carbocycles. The van der Waals surface area contributed by atoms with Crippen LogP contribution in [-0.2, 0) is 13.0 Å². The van der Waals surface area contributed by atoms with E-state index in [1.54, 1.807) is 12.1 Å². The predicted molar refractivity (Wildman–Crippen MR) is 116 cm³/mol. The molecule has 1 aromatic heterocycles. The molecule has 0 saturated carbocycles. The highest BCUT2D eigenvalue weighted by Crippen LogP contribution is 2.23. The summed E-state index contributed by atoms with van der Waals surface area (Å²) >= 11 is 0. The second kappa shape index (κ2) is 10.6. The van der Waals surface area contributed by atoms with E-state index < -0.39 is 0 Å². The molecule has 3 nitrogen and oxygen atoms in total. The number of piperidine rings is 1. The van der Waals surface area contributed by atoms with Gasteiger partial charge >= 0.3 is 0 Å². The van der Waals surface area contributed by atoms with Crippen molar-refractivity contribution in [2.24, 2.45) is 0 Å². The van der Waals surface area contributed by atoms with E-state index >= 15 is 0 Å². The normalized spacial score (nSPS) is 16.8. The third-order valence-corrected chi connectivity index (χ3v) is 5.19. The minimum Gasteiger partial charge on any atom is -0.306 e. The number of hydrogen-bond donors (Lipinski definition) is 0. The lowest BCUT2D eigenvalue weighted by molar-refractivity contribution is 0.137. The zero-order valence-electron chi connectivity index (χ0n) is 15.7. The second-order valence-corrected chi connectivity index (χ2v) is 7.06. The zero-order valence-corrected chi connectivity index (χ0v) is 17.3. The summed E-state index contributed by atoms with van der Waals surface area (Å²) in [5.74, 6) is -0.166. The van der Waals surface area contributed by atoms with Gasteiger partial charge in [-0.3, -0.25) is 4.90 Å². The largest absolute Gasteiger partial charge is 0.306 e. The molecule has 0 spiro atoms. The lowest BCUT2D eigenvalue weighted by atomic mass is 9.95. The maximum Gasteiger partial charge on any atom is 0.123 e. The Morgan fingerprint density at radius 3 is 2.46 bits per heavy atom. The van der Waals surface area contributed by atoms with Crippen LogP contribution in [0.5, 0.6) is 0 Å². The Labute approximate surface area is 178 Å². The number of benzene rings is 2. The number of nitrogens with zero attached hydrogens (tertiary/aromatic N) is 3. The quantitative estimate of drug-likeness (QED) is 0.545. The highest BCUT2D eigenvalue weighted by molar-refractivity contribution is 5.85. The number of imidazole rings is 1. The highest BCUT2D eigenvalue weighted by atomic mass is 35.5. The summed E-state index contributed by atoms with van der Waals surface area (Å²) in [5, 5.41) is 0. The molecular weight excluding hydrogens is 396 g/mol. The van der Waals surface area contributed by atoms with Gasteiger partial charge in [0, 0.05) is 24.5 Å². The van der Waals surface area contributed by atoms with Crippen LogP contribution < -0.4 is 0 Å². The Morgan fingerprint density at radius 2 is 1.71 bits per heavy atom. The van der Waals surface area contributed by atoms with E-state index in [1.165, 1.54) is 24.8 Å². The molecule has 28 heavy (non-hydrogen) atoms. The van der Waals surface area contributed by atoms with Gasteiger partial charge in [-0.2, -0.15) is 0 Å². The molecule has 4 rings (SSSR count). The fourth-order valence-electron chi connectivity index (χ4n) is 3.79. The van der Waals surface area contributed by atoms with Crippen molar-refractivity contribution in [1.29, 1.82) is 0 Å². The van der Waals surface area contributed by atoms with Gasteiger partial charge in [0.1, 0.15) is 5.82 Å². The summed E-state index contributed by atoms with van der Waals surface area (Å²) in [6.45, 7) is 1.97. The Hall–Kier alpha value is -1.88. The van der Waals surface area contributed by atoms with Crippen LogP contribution in [-0.4, -0.2) is 27.0 Å². The van der Waals surface area contributed by atoms with E-state index in [2.05, 4.69) is 32.8 Å². The molecule has 1 aliphatic rings. The molecule has 1 unspecified atom stereocenters. The molecule has 0 N–H and O–H groups in total. The Balaban J connectivity index is 0.00000140. The minimum absolute atomic E-state index is 0. The molecule has 0 amide bonds. The third kappa shape index (κ3) is 5.57. The zero-order chi connectivity index (χ0) is 17.8. The molecule has 0 bridgehead atoms. The number of aromatic nitrogens is 2. The maximum atomic E-state index is 13.2. The van der Waals surface area contributed by atoms with Gasteiger partial charge in [-0.05, 0) is 55.6 Å². The molecule has 0 radical (unpaired) electrons. The van der Waals surface area contributed by atoms with Gasteiger partial charge in [0.15, 0.2) is 0 Å². The molecule has 3 aromatic rings. The standard InChI is InChI=1S/C22H24FN3.2ClH/c23-19-11-9-18(10-12-19)14-22-8-4-5-13-25(22)15-20-16-26(17-24-20)21-6-2-1-3-7-21;;/h1-3,6-7,9-12,16-17,22H,4-5,8,13-15H2;2*1H. The summed E-state index contributed by atoms with van der Waals surface area (Å²) in [6.07, 6.45) is 8.68. The maximum absolute atomic E-state index is 13.2. The van der Waals surface area contributed by atoms with Crippen molar-refractivity contribution in [2.75, 3.05) is 6.54 Å². The number of rotatable bonds is 5. The van der Waals surface area contributed by atoms with Crippen LogP contribution in [0.2, 0.25) is 0 Å². The molecule has 2 heterocycles. The summed E-state index contributed by atoms with van der Waals surface area (Å²) in [6, 6.07) is 17.7. The average Bonchev–Trinajstić information content (AvgIpc) is 3.14. The number of para-hydroxylation sites is 1. The molecule has 1 saturated heterocycles. The van der Waals surface area contributed by atoms with E-state index in [1.807, 2.05) is 36.7 Å². The van der Waals surface area contributed by atoms with E-state index in [9.17, 15) is 4.39 Å². The lowest BCUT2D eigenvalue weighted by Crippen LogP contribution is -2.40. The fourth-order valence-corrected chi connectivity index (χ4v) is 3.79. The summed E-state index contributed by atoms with van der Waals surface area (Å²) < 4.78 is 15.2. The molecule has 2 aromatic carbocycles. The van der Waals surface area contributed by atoms with Crippen LogP contribution in [0, 0.1) is 5.82 Å². The SMILES string of the molecule is Cl.Cl.Fc1ccc(CC2CCCCN2Cc2cn(-c3ccccc3)cn2)cc1. The minimum atomic E-state index is -0.166. The van der Waals surface area contributed by atoms with Crippen molar-refractivity contribution in [2.45, 2.75) is 38.3 Å². The van der Waals surface area contributed by atoms with Crippen molar-refractivity contribution in [3.05, 3.63) is 84.2 Å². The summed E-state index contributed by atoms with van der Waals surface area (Å²) in [5.41, 5.74) is 3.44. The van der Waals surface area contributed by atoms with Crippen LogP contribution in [0.4, 0.5) is 4.39 Å². The molecule has 1 aliphatic heterocycles. The lowest BCUT2D eigenvalue weighted by Gasteiger charge is -2.35. The first-order chi connectivity index (χ1) is 12.8. The van der Waals surface area contributed by atoms with Gasteiger partial charge in [-0.15, -0.1) is 24.8 Å². The van der Waals surface area contributed by atoms with Crippen LogP contribution >= 0.6 is 24.8 Å². The van der Waals surface area contributed by atoms with Gasteiger partial charge in [0.2, 0.25) is 0 Å². The molecular formula is C22H26Cl2FN3. The molecule has 1 fully saturated rings. The van der Waals surface area contributed by atoms with Gasteiger partial charge in [-0.1, -0.05) is 36.8 Å². The highest BCUT2D eigenvalue weighted by Gasteiger charge is 2.23. The van der Waals surface area contributed by atoms with Crippen molar-refractivity contribution in [3.8, 4) is 5.69 Å². The van der Waals surface area contributed by atoms with Crippen molar-refractivity contribution in [1.82, 2.24) is 14.5 Å². The molecule has 6 heteroatoms. The predicted octanol–water partition coefficient (Wildman–Crippen LogP) is 5.45. The van der Waals surface area contributed by atoms with Crippen molar-refractivity contribution < 1.29 is 4.39 Å². The summed E-state index contributed by atoms with van der Waals surface area (Å²) in [7, 11) is 0.